The Balaban J connectivity index is 0.00000288. The van der Waals surface area contributed by atoms with E-state index in [1.807, 2.05) is 18.7 Å². The third-order valence-electron chi connectivity index (χ3n) is 3.67. The van der Waals surface area contributed by atoms with E-state index in [0.29, 0.717) is 43.0 Å². The lowest BCUT2D eigenvalue weighted by Gasteiger charge is -2.27. The molecule has 7 nitrogen and oxygen atoms in total. The summed E-state index contributed by atoms with van der Waals surface area (Å²) in [6, 6.07) is 3.45. The number of ether oxygens (including phenoxy) is 1. The molecule has 0 radical (unpaired) electrons. The zero-order valence-corrected chi connectivity index (χ0v) is 17.9. The lowest BCUT2D eigenvalue weighted by atomic mass is 10.4. The zero-order chi connectivity index (χ0) is 16.9. The number of halogens is 1. The van der Waals surface area contributed by atoms with Crippen LogP contribution >= 0.6 is 35.3 Å². The molecule has 0 bridgehead atoms. The molecule has 24 heavy (non-hydrogen) atoms. The van der Waals surface area contributed by atoms with E-state index in [4.69, 9.17) is 10.5 Å². The van der Waals surface area contributed by atoms with E-state index in [1.165, 1.54) is 15.6 Å². The van der Waals surface area contributed by atoms with Crippen molar-refractivity contribution < 1.29 is 13.2 Å². The molecule has 1 saturated heterocycles. The number of hydrogen-bond donors (Lipinski definition) is 1. The van der Waals surface area contributed by atoms with Crippen molar-refractivity contribution in [3.05, 3.63) is 17.0 Å². The molecule has 1 aromatic rings. The molecule has 2 heterocycles. The van der Waals surface area contributed by atoms with E-state index in [0.717, 1.165) is 18.0 Å². The number of thiophene rings is 1. The highest BCUT2D eigenvalue weighted by molar-refractivity contribution is 14.0. The average molecular weight is 488 g/mol. The number of sulfonamides is 1. The highest BCUT2D eigenvalue weighted by Crippen LogP contribution is 2.25. The molecule has 2 N–H and O–H groups in total. The molecular weight excluding hydrogens is 463 g/mol. The first kappa shape index (κ1) is 21.6. The Bertz CT molecular complexity index is 638. The van der Waals surface area contributed by atoms with Crippen LogP contribution in [0.5, 0.6) is 0 Å². The Kier molecular flexibility index (Phi) is 8.91. The Morgan fingerprint density at radius 2 is 1.96 bits per heavy atom. The lowest BCUT2D eigenvalue weighted by Crippen LogP contribution is -2.44. The molecule has 0 atom stereocenters. The maximum Gasteiger partial charge on any atom is 0.252 e. The number of nitrogens with zero attached hydrogens (tertiary/aromatic N) is 3. The van der Waals surface area contributed by atoms with Crippen molar-refractivity contribution in [2.24, 2.45) is 10.7 Å². The summed E-state index contributed by atoms with van der Waals surface area (Å²) >= 11 is 1.25. The quantitative estimate of drug-likeness (QED) is 0.373. The van der Waals surface area contributed by atoms with Crippen molar-refractivity contribution >= 4 is 51.3 Å². The molecule has 0 spiro atoms. The highest BCUT2D eigenvalue weighted by Gasteiger charge is 2.23. The van der Waals surface area contributed by atoms with Crippen LogP contribution < -0.4 is 5.73 Å². The standard InChI is InChI=1S/C14H24N4O3S2.HI/c1-3-18(4-2)23(19,20)13-6-5-12(22-13)11-16-14(15)17-7-9-21-10-8-17;/h5-6H,3-4,7-11H2,1-2H3,(H2,15,16);1H. The van der Waals surface area contributed by atoms with Crippen LogP contribution in [0.2, 0.25) is 0 Å². The average Bonchev–Trinajstić information content (AvgIpc) is 3.04. The Morgan fingerprint density at radius 3 is 2.54 bits per heavy atom. The molecule has 1 aliphatic rings. The SMILES string of the molecule is CCN(CC)S(=O)(=O)c1ccc(CN=C(N)N2CCOCC2)s1.I. The van der Waals surface area contributed by atoms with E-state index in [9.17, 15) is 8.42 Å². The fourth-order valence-electron chi connectivity index (χ4n) is 2.32. The molecule has 2 rings (SSSR count). The summed E-state index contributed by atoms with van der Waals surface area (Å²) in [6.07, 6.45) is 0. The number of hydrogen-bond acceptors (Lipinski definition) is 5. The Labute approximate surface area is 164 Å². The Morgan fingerprint density at radius 1 is 1.33 bits per heavy atom. The second-order valence-electron chi connectivity index (χ2n) is 5.08. The summed E-state index contributed by atoms with van der Waals surface area (Å²) < 4.78 is 32.0. The molecule has 0 aliphatic carbocycles. The molecule has 1 aliphatic heterocycles. The molecule has 1 aromatic heterocycles. The van der Waals surface area contributed by atoms with Crippen LogP contribution in [0, 0.1) is 0 Å². The van der Waals surface area contributed by atoms with Crippen LogP contribution in [-0.2, 0) is 21.3 Å². The van der Waals surface area contributed by atoms with Crippen molar-refractivity contribution in [1.29, 1.82) is 0 Å². The molecule has 1 fully saturated rings. The van der Waals surface area contributed by atoms with Crippen LogP contribution in [0.25, 0.3) is 0 Å². The van der Waals surface area contributed by atoms with Crippen LogP contribution in [0.4, 0.5) is 0 Å². The summed E-state index contributed by atoms with van der Waals surface area (Å²) in [5.41, 5.74) is 5.98. The fraction of sp³-hybridized carbons (Fsp3) is 0.643. The highest BCUT2D eigenvalue weighted by atomic mass is 127. The van der Waals surface area contributed by atoms with Gasteiger partial charge in [0.05, 0.1) is 19.8 Å². The molecule has 138 valence electrons. The predicted molar refractivity (Wildman–Crippen MR) is 108 cm³/mol. The van der Waals surface area contributed by atoms with Crippen molar-refractivity contribution in [3.8, 4) is 0 Å². The fourth-order valence-corrected chi connectivity index (χ4v) is 5.22. The first-order valence-corrected chi connectivity index (χ1v) is 9.96. The number of morpholine rings is 1. The molecular formula is C14H25IN4O3S2. The summed E-state index contributed by atoms with van der Waals surface area (Å²) in [7, 11) is -3.39. The van der Waals surface area contributed by atoms with Gasteiger partial charge in [-0.15, -0.1) is 35.3 Å². The molecule has 0 unspecified atom stereocenters. The first-order valence-electron chi connectivity index (χ1n) is 7.70. The van der Waals surface area contributed by atoms with Crippen molar-refractivity contribution in [2.45, 2.75) is 24.6 Å². The third kappa shape index (κ3) is 5.28. The van der Waals surface area contributed by atoms with E-state index in [1.54, 1.807) is 12.1 Å². The van der Waals surface area contributed by atoms with Gasteiger partial charge in [0.25, 0.3) is 10.0 Å². The van der Waals surface area contributed by atoms with Gasteiger partial charge in [0.15, 0.2) is 5.96 Å². The molecule has 0 amide bonds. The maximum absolute atomic E-state index is 12.4. The van der Waals surface area contributed by atoms with Crippen LogP contribution in [0.1, 0.15) is 18.7 Å². The molecule has 10 heteroatoms. The summed E-state index contributed by atoms with van der Waals surface area (Å²) in [6.45, 7) is 7.78. The van der Waals surface area contributed by atoms with Gasteiger partial charge in [-0.05, 0) is 12.1 Å². The minimum absolute atomic E-state index is 0. The minimum Gasteiger partial charge on any atom is -0.378 e. The van der Waals surface area contributed by atoms with E-state index in [2.05, 4.69) is 4.99 Å². The predicted octanol–water partition coefficient (Wildman–Crippen LogP) is 1.54. The van der Waals surface area contributed by atoms with E-state index >= 15 is 0 Å². The van der Waals surface area contributed by atoms with E-state index < -0.39 is 10.0 Å². The van der Waals surface area contributed by atoms with Crippen molar-refractivity contribution in [2.75, 3.05) is 39.4 Å². The van der Waals surface area contributed by atoms with Gasteiger partial charge in [0.2, 0.25) is 0 Å². The smallest absolute Gasteiger partial charge is 0.252 e. The van der Waals surface area contributed by atoms with Gasteiger partial charge in [0.1, 0.15) is 4.21 Å². The van der Waals surface area contributed by atoms with E-state index in [-0.39, 0.29) is 24.0 Å². The number of nitrogens with two attached hydrogens (primary N) is 1. The van der Waals surface area contributed by atoms with Gasteiger partial charge < -0.3 is 15.4 Å². The van der Waals surface area contributed by atoms with Crippen molar-refractivity contribution in [3.63, 3.8) is 0 Å². The second-order valence-corrected chi connectivity index (χ2v) is 8.42. The largest absolute Gasteiger partial charge is 0.378 e. The Hall–Kier alpha value is -0.430. The zero-order valence-electron chi connectivity index (χ0n) is 14.0. The lowest BCUT2D eigenvalue weighted by molar-refractivity contribution is 0.0674. The minimum atomic E-state index is -3.39. The van der Waals surface area contributed by atoms with Crippen LogP contribution in [0.3, 0.4) is 0 Å². The van der Waals surface area contributed by atoms with Gasteiger partial charge >= 0.3 is 0 Å². The van der Waals surface area contributed by atoms with Crippen LogP contribution in [-0.4, -0.2) is 63.0 Å². The summed E-state index contributed by atoms with van der Waals surface area (Å²) in [5.74, 6) is 0.481. The van der Waals surface area contributed by atoms with Gasteiger partial charge in [-0.3, -0.25) is 0 Å². The first-order chi connectivity index (χ1) is 11.0. The number of guanidine groups is 1. The summed E-state index contributed by atoms with van der Waals surface area (Å²) in [4.78, 5) is 7.22. The van der Waals surface area contributed by atoms with Gasteiger partial charge in [-0.1, -0.05) is 13.8 Å². The number of rotatable bonds is 6. The number of aliphatic imine (C=N–C) groups is 1. The van der Waals surface area contributed by atoms with Gasteiger partial charge in [-0.25, -0.2) is 13.4 Å². The third-order valence-corrected chi connectivity index (χ3v) is 7.26. The normalized spacial score (nSPS) is 16.3. The van der Waals surface area contributed by atoms with Gasteiger partial charge in [-0.2, -0.15) is 4.31 Å². The summed E-state index contributed by atoms with van der Waals surface area (Å²) in [5, 5.41) is 0. The monoisotopic (exact) mass is 488 g/mol. The van der Waals surface area contributed by atoms with Crippen molar-refractivity contribution in [1.82, 2.24) is 9.21 Å². The second kappa shape index (κ2) is 9.90. The molecule has 0 aromatic carbocycles. The van der Waals surface area contributed by atoms with Crippen LogP contribution in [0.15, 0.2) is 21.3 Å². The van der Waals surface area contributed by atoms with Gasteiger partial charge in [0, 0.05) is 31.1 Å². The molecule has 0 saturated carbocycles. The maximum atomic E-state index is 12.4. The topological polar surface area (TPSA) is 88.2 Å².